The molecule has 1 fully saturated rings. The van der Waals surface area contributed by atoms with Crippen LogP contribution in [-0.2, 0) is 10.2 Å². The second-order valence-electron chi connectivity index (χ2n) is 12.0. The summed E-state index contributed by atoms with van der Waals surface area (Å²) in [5.41, 5.74) is 3.56. The predicted octanol–water partition coefficient (Wildman–Crippen LogP) is 6.59. The molecule has 2 N–H and O–H groups in total. The van der Waals surface area contributed by atoms with Crippen molar-refractivity contribution >= 4 is 45.7 Å². The van der Waals surface area contributed by atoms with Gasteiger partial charge in [0, 0.05) is 47.4 Å². The highest BCUT2D eigenvalue weighted by molar-refractivity contribution is 6.48. The summed E-state index contributed by atoms with van der Waals surface area (Å²) in [5, 5.41) is 12.5. The number of benzene rings is 3. The number of carbonyl (C=O) groups excluding carboxylic acids is 2. The van der Waals surface area contributed by atoms with E-state index in [0.717, 1.165) is 53.9 Å². The van der Waals surface area contributed by atoms with Crippen molar-refractivity contribution < 1.29 is 9.59 Å². The molecule has 1 amide bonds. The van der Waals surface area contributed by atoms with E-state index >= 15 is 0 Å². The predicted molar refractivity (Wildman–Crippen MR) is 171 cm³/mol. The summed E-state index contributed by atoms with van der Waals surface area (Å²) >= 11 is 0. The van der Waals surface area contributed by atoms with E-state index < -0.39 is 11.7 Å². The van der Waals surface area contributed by atoms with Gasteiger partial charge >= 0.3 is 0 Å². The summed E-state index contributed by atoms with van der Waals surface area (Å²) in [6.07, 6.45) is 4.03. The molecule has 43 heavy (non-hydrogen) atoms. The van der Waals surface area contributed by atoms with Gasteiger partial charge in [0.05, 0.1) is 11.4 Å². The van der Waals surface area contributed by atoms with Crippen molar-refractivity contribution in [2.24, 2.45) is 0 Å². The van der Waals surface area contributed by atoms with Gasteiger partial charge in [-0.2, -0.15) is 10.1 Å². The van der Waals surface area contributed by atoms with Crippen LogP contribution in [0.4, 0.5) is 23.3 Å². The van der Waals surface area contributed by atoms with Crippen LogP contribution in [0.5, 0.6) is 0 Å². The normalized spacial score (nSPS) is 13.3. The second kappa shape index (κ2) is 11.3. The van der Waals surface area contributed by atoms with Crippen molar-refractivity contribution in [2.45, 2.75) is 46.0 Å². The highest BCUT2D eigenvalue weighted by Gasteiger charge is 2.25. The number of aromatic nitrogens is 4. The lowest BCUT2D eigenvalue weighted by molar-refractivity contribution is -0.112. The Morgan fingerprint density at radius 1 is 0.884 bits per heavy atom. The summed E-state index contributed by atoms with van der Waals surface area (Å²) in [6.45, 7) is 10.1. The number of ketones is 1. The summed E-state index contributed by atoms with van der Waals surface area (Å²) in [7, 11) is 0. The molecule has 9 nitrogen and oxygen atoms in total. The van der Waals surface area contributed by atoms with Gasteiger partial charge in [-0.3, -0.25) is 9.59 Å². The maximum Gasteiger partial charge on any atom is 0.297 e. The van der Waals surface area contributed by atoms with Crippen molar-refractivity contribution in [1.82, 2.24) is 19.7 Å². The van der Waals surface area contributed by atoms with E-state index in [9.17, 15) is 9.59 Å². The van der Waals surface area contributed by atoms with E-state index in [1.54, 1.807) is 16.9 Å². The van der Waals surface area contributed by atoms with Gasteiger partial charge in [0.15, 0.2) is 0 Å². The summed E-state index contributed by atoms with van der Waals surface area (Å²) in [6, 6.07) is 22.6. The number of fused-ring (bicyclic) bond motifs is 1. The van der Waals surface area contributed by atoms with Gasteiger partial charge in [-0.15, -0.1) is 0 Å². The van der Waals surface area contributed by atoms with Gasteiger partial charge in [-0.1, -0.05) is 62.7 Å². The van der Waals surface area contributed by atoms with Gasteiger partial charge in [0.2, 0.25) is 5.95 Å². The van der Waals surface area contributed by atoms with Gasteiger partial charge < -0.3 is 15.5 Å². The Balaban J connectivity index is 1.29. The lowest BCUT2D eigenvalue weighted by Gasteiger charge is -2.16. The van der Waals surface area contributed by atoms with Crippen molar-refractivity contribution in [2.75, 3.05) is 28.6 Å². The Kier molecular flexibility index (Phi) is 7.39. The lowest BCUT2D eigenvalue weighted by atomic mass is 9.92. The first-order chi connectivity index (χ1) is 20.7. The fourth-order valence-electron chi connectivity index (χ4n) is 5.25. The molecule has 1 aliphatic rings. The molecule has 0 atom stereocenters. The molecule has 0 aliphatic carbocycles. The van der Waals surface area contributed by atoms with E-state index in [4.69, 9.17) is 10.1 Å². The number of carbonyl (C=O) groups is 2. The third kappa shape index (κ3) is 5.83. The van der Waals surface area contributed by atoms with E-state index in [1.165, 1.54) is 0 Å². The molecule has 0 unspecified atom stereocenters. The average Bonchev–Trinajstić information content (AvgIpc) is 3.69. The topological polar surface area (TPSA) is 105 Å². The van der Waals surface area contributed by atoms with Gasteiger partial charge in [-0.25, -0.2) is 9.67 Å². The number of nitrogens with one attached hydrogen (secondary N) is 2. The summed E-state index contributed by atoms with van der Waals surface area (Å²) < 4.78 is 1.68. The van der Waals surface area contributed by atoms with E-state index in [1.807, 2.05) is 73.7 Å². The average molecular weight is 574 g/mol. The standard InChI is InChI=1S/C34H35N7O2/c1-22-11-13-23(14-12-22)41-30(21-28(39-41)34(2,3)4)38-32(43)31(42)26-15-16-27(25-10-6-5-9-24(25)26)36-29-17-18-35-33(37-29)40-19-7-8-20-40/h5-6,9-18,21H,7-8,19-20H2,1-4H3,(H,38,43)(H,35,36,37). The van der Waals surface area contributed by atoms with Crippen molar-refractivity contribution in [3.63, 3.8) is 0 Å². The lowest BCUT2D eigenvalue weighted by Crippen LogP contribution is -2.24. The molecule has 0 radical (unpaired) electrons. The minimum atomic E-state index is -0.731. The summed E-state index contributed by atoms with van der Waals surface area (Å²) in [5.74, 6) is 0.445. The molecule has 0 bridgehead atoms. The molecule has 2 aromatic heterocycles. The molecular formula is C34H35N7O2. The maximum absolute atomic E-state index is 13.6. The molecule has 1 aliphatic heterocycles. The van der Waals surface area contributed by atoms with Crippen LogP contribution in [0.15, 0.2) is 79.0 Å². The number of hydrogen-bond acceptors (Lipinski definition) is 7. The van der Waals surface area contributed by atoms with E-state index in [0.29, 0.717) is 28.5 Å². The zero-order valence-electron chi connectivity index (χ0n) is 24.9. The molecule has 5 aromatic rings. The third-order valence-corrected chi connectivity index (χ3v) is 7.67. The van der Waals surface area contributed by atoms with Crippen LogP contribution in [0.3, 0.4) is 0 Å². The first-order valence-electron chi connectivity index (χ1n) is 14.6. The molecule has 6 rings (SSSR count). The number of amides is 1. The minimum Gasteiger partial charge on any atom is -0.341 e. The van der Waals surface area contributed by atoms with Gasteiger partial charge in [-0.05, 0) is 55.5 Å². The van der Waals surface area contributed by atoms with E-state index in [-0.39, 0.29) is 5.41 Å². The Labute approximate surface area is 251 Å². The Bertz CT molecular complexity index is 1810. The van der Waals surface area contributed by atoms with Crippen LogP contribution in [0, 0.1) is 6.92 Å². The van der Waals surface area contributed by atoms with E-state index in [2.05, 4.69) is 41.3 Å². The van der Waals surface area contributed by atoms with Gasteiger partial charge in [0.25, 0.3) is 11.7 Å². The molecule has 0 saturated carbocycles. The largest absolute Gasteiger partial charge is 0.341 e. The highest BCUT2D eigenvalue weighted by atomic mass is 16.2. The Hall–Kier alpha value is -5.05. The van der Waals surface area contributed by atoms with Crippen LogP contribution in [0.2, 0.25) is 0 Å². The molecular weight excluding hydrogens is 538 g/mol. The number of hydrogen-bond donors (Lipinski definition) is 2. The van der Waals surface area contributed by atoms with Crippen LogP contribution >= 0.6 is 0 Å². The third-order valence-electron chi connectivity index (χ3n) is 7.67. The molecule has 3 heterocycles. The van der Waals surface area contributed by atoms with Crippen molar-refractivity contribution in [1.29, 1.82) is 0 Å². The van der Waals surface area contributed by atoms with Crippen molar-refractivity contribution in [3.8, 4) is 5.69 Å². The zero-order valence-corrected chi connectivity index (χ0v) is 24.9. The number of nitrogens with zero attached hydrogens (tertiary/aromatic N) is 5. The monoisotopic (exact) mass is 573 g/mol. The second-order valence-corrected chi connectivity index (χ2v) is 12.0. The van der Waals surface area contributed by atoms with Crippen LogP contribution < -0.4 is 15.5 Å². The minimum absolute atomic E-state index is 0.253. The molecule has 3 aromatic carbocycles. The SMILES string of the molecule is Cc1ccc(-n2nc(C(C)(C)C)cc2NC(=O)C(=O)c2ccc(Nc3ccnc(N4CCCC4)n3)c3ccccc23)cc1. The number of Topliss-reactive ketones (excluding diaryl/α,β-unsaturated/α-hetero) is 1. The maximum atomic E-state index is 13.6. The fourth-order valence-corrected chi connectivity index (χ4v) is 5.25. The first kappa shape index (κ1) is 28.1. The molecule has 1 saturated heterocycles. The number of anilines is 4. The van der Waals surface area contributed by atoms with Crippen LogP contribution in [-0.4, -0.2) is 44.5 Å². The van der Waals surface area contributed by atoms with Crippen LogP contribution in [0.1, 0.15) is 55.2 Å². The quantitative estimate of drug-likeness (QED) is 0.167. The summed E-state index contributed by atoms with van der Waals surface area (Å²) in [4.78, 5) is 38.4. The molecule has 218 valence electrons. The zero-order chi connectivity index (χ0) is 30.1. The Morgan fingerprint density at radius 3 is 2.33 bits per heavy atom. The fraction of sp³-hybridized carbons (Fsp3) is 0.265. The van der Waals surface area contributed by atoms with Gasteiger partial charge in [0.1, 0.15) is 11.6 Å². The van der Waals surface area contributed by atoms with Crippen molar-refractivity contribution in [3.05, 3.63) is 95.8 Å². The van der Waals surface area contributed by atoms with Crippen LogP contribution in [0.25, 0.3) is 16.5 Å². The first-order valence-corrected chi connectivity index (χ1v) is 14.6. The molecule has 0 spiro atoms. The Morgan fingerprint density at radius 2 is 1.60 bits per heavy atom. The number of aryl methyl sites for hydroxylation is 1. The smallest absolute Gasteiger partial charge is 0.297 e. The molecule has 9 heteroatoms. The number of rotatable bonds is 7. The highest BCUT2D eigenvalue weighted by Crippen LogP contribution is 2.31.